The zero-order valence-corrected chi connectivity index (χ0v) is 12.9. The second kappa shape index (κ2) is 7.26. The summed E-state index contributed by atoms with van der Waals surface area (Å²) in [6.07, 6.45) is 3.76. The van der Waals surface area contributed by atoms with Crippen LogP contribution in [0.4, 0.5) is 17.8 Å². The number of piperidine rings is 1. The van der Waals surface area contributed by atoms with Crippen LogP contribution in [0.2, 0.25) is 0 Å². The average molecular weight is 278 g/mol. The fourth-order valence-electron chi connectivity index (χ4n) is 2.47. The zero-order chi connectivity index (χ0) is 14.4. The second-order valence-electron chi connectivity index (χ2n) is 5.01. The molecule has 1 saturated heterocycles. The van der Waals surface area contributed by atoms with Gasteiger partial charge in [0, 0.05) is 32.7 Å². The first-order valence-corrected chi connectivity index (χ1v) is 7.78. The van der Waals surface area contributed by atoms with Crippen molar-refractivity contribution in [3.63, 3.8) is 0 Å². The molecule has 20 heavy (non-hydrogen) atoms. The highest BCUT2D eigenvalue weighted by Gasteiger charge is 2.17. The van der Waals surface area contributed by atoms with E-state index in [0.717, 1.165) is 44.6 Å². The summed E-state index contributed by atoms with van der Waals surface area (Å²) in [4.78, 5) is 18.2. The molecule has 1 fully saturated rings. The van der Waals surface area contributed by atoms with Gasteiger partial charge in [-0.3, -0.25) is 0 Å². The fraction of sp³-hybridized carbons (Fsp3) is 0.786. The summed E-state index contributed by atoms with van der Waals surface area (Å²) in [7, 11) is 0. The smallest absolute Gasteiger partial charge is 0.231 e. The molecule has 0 aromatic carbocycles. The third-order valence-electron chi connectivity index (χ3n) is 3.63. The Bertz CT molecular complexity index is 412. The molecule has 0 amide bonds. The van der Waals surface area contributed by atoms with Gasteiger partial charge in [-0.2, -0.15) is 15.0 Å². The Morgan fingerprint density at radius 1 is 1.00 bits per heavy atom. The molecule has 0 atom stereocenters. The Balaban J connectivity index is 2.29. The van der Waals surface area contributed by atoms with E-state index in [1.54, 1.807) is 0 Å². The van der Waals surface area contributed by atoms with E-state index in [4.69, 9.17) is 0 Å². The lowest BCUT2D eigenvalue weighted by Crippen LogP contribution is -2.33. The van der Waals surface area contributed by atoms with Crippen molar-refractivity contribution >= 4 is 17.8 Å². The van der Waals surface area contributed by atoms with E-state index in [2.05, 4.69) is 50.8 Å². The topological polar surface area (TPSA) is 57.2 Å². The van der Waals surface area contributed by atoms with Gasteiger partial charge in [0.2, 0.25) is 17.8 Å². The minimum absolute atomic E-state index is 0.685. The highest BCUT2D eigenvalue weighted by atomic mass is 15.4. The van der Waals surface area contributed by atoms with Crippen LogP contribution in [-0.4, -0.2) is 47.7 Å². The number of anilines is 3. The lowest BCUT2D eigenvalue weighted by molar-refractivity contribution is 0.567. The molecule has 1 aliphatic rings. The lowest BCUT2D eigenvalue weighted by atomic mass is 10.1. The van der Waals surface area contributed by atoms with Gasteiger partial charge in [0.15, 0.2) is 0 Å². The quantitative estimate of drug-likeness (QED) is 0.860. The van der Waals surface area contributed by atoms with E-state index in [9.17, 15) is 0 Å². The second-order valence-corrected chi connectivity index (χ2v) is 5.01. The maximum absolute atomic E-state index is 4.67. The lowest BCUT2D eigenvalue weighted by Gasteiger charge is -2.28. The van der Waals surface area contributed by atoms with Crippen molar-refractivity contribution < 1.29 is 0 Å². The molecule has 2 rings (SSSR count). The molecule has 1 aliphatic heterocycles. The molecule has 6 nitrogen and oxygen atoms in total. The van der Waals surface area contributed by atoms with Crippen LogP contribution < -0.4 is 15.1 Å². The number of nitrogens with zero attached hydrogens (tertiary/aromatic N) is 5. The molecule has 0 unspecified atom stereocenters. The predicted octanol–water partition coefficient (Wildman–Crippen LogP) is 2.14. The molecule has 0 radical (unpaired) electrons. The summed E-state index contributed by atoms with van der Waals surface area (Å²) >= 11 is 0. The minimum atomic E-state index is 0.685. The molecule has 1 N–H and O–H groups in total. The molecular weight excluding hydrogens is 252 g/mol. The standard InChI is InChI=1S/C14H26N6/c1-4-15-12-16-13(19(5-2)6-3)18-14(17-12)20-10-8-7-9-11-20/h4-11H2,1-3H3,(H,15,16,17,18). The van der Waals surface area contributed by atoms with Gasteiger partial charge in [-0.15, -0.1) is 0 Å². The van der Waals surface area contributed by atoms with Gasteiger partial charge in [0.05, 0.1) is 0 Å². The van der Waals surface area contributed by atoms with Crippen LogP contribution in [0.3, 0.4) is 0 Å². The number of rotatable bonds is 6. The van der Waals surface area contributed by atoms with Crippen LogP contribution in [0.5, 0.6) is 0 Å². The van der Waals surface area contributed by atoms with E-state index >= 15 is 0 Å². The molecule has 1 aromatic heterocycles. The molecular formula is C14H26N6. The van der Waals surface area contributed by atoms with Gasteiger partial charge >= 0.3 is 0 Å². The Labute approximate surface area is 121 Å². The number of hydrogen-bond donors (Lipinski definition) is 1. The molecule has 0 bridgehead atoms. The summed E-state index contributed by atoms with van der Waals surface area (Å²) < 4.78 is 0. The van der Waals surface area contributed by atoms with E-state index < -0.39 is 0 Å². The largest absolute Gasteiger partial charge is 0.354 e. The summed E-state index contributed by atoms with van der Waals surface area (Å²) in [5.41, 5.74) is 0. The third-order valence-corrected chi connectivity index (χ3v) is 3.63. The van der Waals surface area contributed by atoms with Gasteiger partial charge < -0.3 is 15.1 Å². The number of nitrogens with one attached hydrogen (secondary N) is 1. The van der Waals surface area contributed by atoms with Crippen LogP contribution in [0, 0.1) is 0 Å². The van der Waals surface area contributed by atoms with E-state index in [1.807, 2.05) is 0 Å². The van der Waals surface area contributed by atoms with Crippen molar-refractivity contribution in [2.75, 3.05) is 47.8 Å². The van der Waals surface area contributed by atoms with Crippen molar-refractivity contribution in [3.8, 4) is 0 Å². The Hall–Kier alpha value is -1.59. The van der Waals surface area contributed by atoms with Crippen LogP contribution in [0.1, 0.15) is 40.0 Å². The van der Waals surface area contributed by atoms with E-state index in [1.165, 1.54) is 19.3 Å². The van der Waals surface area contributed by atoms with Crippen LogP contribution in [-0.2, 0) is 0 Å². The first-order valence-electron chi connectivity index (χ1n) is 7.78. The maximum Gasteiger partial charge on any atom is 0.231 e. The van der Waals surface area contributed by atoms with Crippen molar-refractivity contribution in [2.45, 2.75) is 40.0 Å². The van der Waals surface area contributed by atoms with Crippen LogP contribution in [0.15, 0.2) is 0 Å². The highest BCUT2D eigenvalue weighted by Crippen LogP contribution is 2.20. The predicted molar refractivity (Wildman–Crippen MR) is 83.6 cm³/mol. The molecule has 2 heterocycles. The fourth-order valence-corrected chi connectivity index (χ4v) is 2.47. The zero-order valence-electron chi connectivity index (χ0n) is 12.9. The number of aromatic nitrogens is 3. The van der Waals surface area contributed by atoms with Crippen LogP contribution >= 0.6 is 0 Å². The van der Waals surface area contributed by atoms with Crippen molar-refractivity contribution in [3.05, 3.63) is 0 Å². The SMILES string of the molecule is CCNc1nc(N(CC)CC)nc(N2CCCCC2)n1. The molecule has 112 valence electrons. The minimum Gasteiger partial charge on any atom is -0.354 e. The monoisotopic (exact) mass is 278 g/mol. The van der Waals surface area contributed by atoms with Crippen molar-refractivity contribution in [2.24, 2.45) is 0 Å². The van der Waals surface area contributed by atoms with Gasteiger partial charge in [-0.05, 0) is 40.0 Å². The molecule has 0 aliphatic carbocycles. The first-order chi connectivity index (χ1) is 9.78. The normalized spacial score (nSPS) is 15.2. The summed E-state index contributed by atoms with van der Waals surface area (Å²) in [6.45, 7) is 11.0. The van der Waals surface area contributed by atoms with Gasteiger partial charge in [-0.1, -0.05) is 0 Å². The molecule has 1 aromatic rings. The summed E-state index contributed by atoms with van der Waals surface area (Å²) in [5.74, 6) is 2.28. The van der Waals surface area contributed by atoms with Gasteiger partial charge in [0.1, 0.15) is 0 Å². The summed E-state index contributed by atoms with van der Waals surface area (Å²) in [5, 5.41) is 3.21. The highest BCUT2D eigenvalue weighted by molar-refractivity contribution is 5.45. The van der Waals surface area contributed by atoms with Crippen molar-refractivity contribution in [1.29, 1.82) is 0 Å². The maximum atomic E-state index is 4.67. The van der Waals surface area contributed by atoms with Gasteiger partial charge in [0.25, 0.3) is 0 Å². The molecule has 0 saturated carbocycles. The Kier molecular flexibility index (Phi) is 5.38. The van der Waals surface area contributed by atoms with E-state index in [0.29, 0.717) is 5.95 Å². The Morgan fingerprint density at radius 2 is 1.70 bits per heavy atom. The van der Waals surface area contributed by atoms with Crippen LogP contribution in [0.25, 0.3) is 0 Å². The number of hydrogen-bond acceptors (Lipinski definition) is 6. The molecule has 6 heteroatoms. The first kappa shape index (κ1) is 14.8. The average Bonchev–Trinajstić information content (AvgIpc) is 2.50. The molecule has 0 spiro atoms. The Morgan fingerprint density at radius 3 is 2.30 bits per heavy atom. The summed E-state index contributed by atoms with van der Waals surface area (Å²) in [6, 6.07) is 0. The third kappa shape index (κ3) is 3.49. The van der Waals surface area contributed by atoms with Gasteiger partial charge in [-0.25, -0.2) is 0 Å². The van der Waals surface area contributed by atoms with Crippen molar-refractivity contribution in [1.82, 2.24) is 15.0 Å². The van der Waals surface area contributed by atoms with E-state index in [-0.39, 0.29) is 0 Å².